The summed E-state index contributed by atoms with van der Waals surface area (Å²) in [7, 11) is 0. The predicted octanol–water partition coefficient (Wildman–Crippen LogP) is 10.6. The van der Waals surface area contributed by atoms with Crippen LogP contribution in [0.1, 0.15) is 0 Å². The highest BCUT2D eigenvalue weighted by Crippen LogP contribution is 2.47. The van der Waals surface area contributed by atoms with Gasteiger partial charge >= 0.3 is 0 Å². The predicted molar refractivity (Wildman–Crippen MR) is 166 cm³/mol. The number of para-hydroxylation sites is 1. The maximum atomic E-state index is 2.50. The summed E-state index contributed by atoms with van der Waals surface area (Å²) >= 11 is 1.91. The van der Waals surface area contributed by atoms with Crippen molar-refractivity contribution in [1.29, 1.82) is 0 Å². The highest BCUT2D eigenvalue weighted by molar-refractivity contribution is 7.27. The van der Waals surface area contributed by atoms with Gasteiger partial charge in [0.15, 0.2) is 0 Å². The van der Waals surface area contributed by atoms with Gasteiger partial charge in [0.2, 0.25) is 0 Å². The van der Waals surface area contributed by atoms with E-state index in [4.69, 9.17) is 0 Å². The van der Waals surface area contributed by atoms with Crippen molar-refractivity contribution in [3.8, 4) is 5.69 Å². The van der Waals surface area contributed by atoms with Gasteiger partial charge in [-0.05, 0) is 56.6 Å². The molecule has 9 rings (SSSR count). The molecule has 0 saturated heterocycles. The summed E-state index contributed by atoms with van der Waals surface area (Å²) in [4.78, 5) is 0. The zero-order valence-corrected chi connectivity index (χ0v) is 21.3. The highest BCUT2D eigenvalue weighted by atomic mass is 32.1. The Bertz CT molecular complexity index is 2400. The zero-order valence-electron chi connectivity index (χ0n) is 20.5. The molecule has 0 atom stereocenters. The van der Waals surface area contributed by atoms with Crippen LogP contribution in [-0.4, -0.2) is 4.57 Å². The van der Waals surface area contributed by atoms with E-state index >= 15 is 0 Å². The molecule has 0 amide bonds. The Morgan fingerprint density at radius 3 is 1.95 bits per heavy atom. The van der Waals surface area contributed by atoms with Crippen LogP contribution >= 0.6 is 11.3 Å². The number of rotatable bonds is 1. The number of benzene rings is 7. The third-order valence-corrected chi connectivity index (χ3v) is 9.32. The number of hydrogen-bond donors (Lipinski definition) is 0. The Kier molecular flexibility index (Phi) is 3.99. The number of fused-ring (bicyclic) bond motifs is 13. The molecule has 2 heterocycles. The van der Waals surface area contributed by atoms with E-state index in [0.717, 1.165) is 0 Å². The van der Waals surface area contributed by atoms with Crippen LogP contribution in [0.2, 0.25) is 0 Å². The quantitative estimate of drug-likeness (QED) is 0.198. The van der Waals surface area contributed by atoms with E-state index < -0.39 is 0 Å². The second-order valence-corrected chi connectivity index (χ2v) is 11.2. The van der Waals surface area contributed by atoms with E-state index in [1.165, 1.54) is 80.0 Å². The van der Waals surface area contributed by atoms with Gasteiger partial charge in [0, 0.05) is 31.9 Å². The van der Waals surface area contributed by atoms with Crippen molar-refractivity contribution < 1.29 is 0 Å². The van der Waals surface area contributed by atoms with Crippen LogP contribution < -0.4 is 0 Å². The molecule has 0 spiro atoms. The van der Waals surface area contributed by atoms with E-state index in [1.54, 1.807) is 0 Å². The molecule has 0 aliphatic rings. The maximum absolute atomic E-state index is 2.50. The number of nitrogens with zero attached hydrogens (tertiary/aromatic N) is 1. The van der Waals surface area contributed by atoms with Crippen LogP contribution in [0.3, 0.4) is 0 Å². The van der Waals surface area contributed by atoms with E-state index in [1.807, 2.05) is 11.3 Å². The van der Waals surface area contributed by atoms with Crippen molar-refractivity contribution in [3.05, 3.63) is 127 Å². The van der Waals surface area contributed by atoms with Crippen LogP contribution in [-0.2, 0) is 0 Å². The van der Waals surface area contributed by atoms with Gasteiger partial charge < -0.3 is 4.57 Å². The molecule has 0 saturated carbocycles. The second kappa shape index (κ2) is 7.44. The molecular weight excluding hydrogens is 478 g/mol. The Morgan fingerprint density at radius 2 is 1.08 bits per heavy atom. The topological polar surface area (TPSA) is 4.93 Å². The smallest absolute Gasteiger partial charge is 0.0726 e. The molecule has 0 aliphatic carbocycles. The molecule has 0 unspecified atom stereocenters. The zero-order chi connectivity index (χ0) is 24.8. The Labute approximate surface area is 222 Å². The molecule has 2 heteroatoms. The van der Waals surface area contributed by atoms with E-state index in [-0.39, 0.29) is 0 Å². The van der Waals surface area contributed by atoms with Crippen LogP contribution in [0.25, 0.3) is 80.0 Å². The fourth-order valence-electron chi connectivity index (χ4n) is 6.53. The number of aromatic nitrogens is 1. The van der Waals surface area contributed by atoms with Gasteiger partial charge in [-0.15, -0.1) is 11.3 Å². The molecule has 38 heavy (non-hydrogen) atoms. The first kappa shape index (κ1) is 20.4. The summed E-state index contributed by atoms with van der Waals surface area (Å²) in [6, 6.07) is 46.8. The van der Waals surface area contributed by atoms with Crippen molar-refractivity contribution in [2.45, 2.75) is 0 Å². The Morgan fingerprint density at radius 1 is 0.447 bits per heavy atom. The van der Waals surface area contributed by atoms with Crippen LogP contribution in [0.15, 0.2) is 127 Å². The first-order valence-corrected chi connectivity index (χ1v) is 13.9. The molecule has 7 aromatic carbocycles. The van der Waals surface area contributed by atoms with E-state index in [0.29, 0.717) is 0 Å². The summed E-state index contributed by atoms with van der Waals surface area (Å²) < 4.78 is 5.19. The van der Waals surface area contributed by atoms with Gasteiger partial charge in [-0.3, -0.25) is 0 Å². The fourth-order valence-corrected chi connectivity index (χ4v) is 7.79. The fraction of sp³-hybridized carbons (Fsp3) is 0. The monoisotopic (exact) mass is 499 g/mol. The van der Waals surface area contributed by atoms with E-state index in [2.05, 4.69) is 132 Å². The molecule has 9 aromatic rings. The van der Waals surface area contributed by atoms with Crippen LogP contribution in [0.5, 0.6) is 0 Å². The largest absolute Gasteiger partial charge is 0.308 e. The normalized spacial score (nSPS) is 12.2. The molecular formula is C36H21NS. The molecule has 176 valence electrons. The minimum absolute atomic E-state index is 1.20. The van der Waals surface area contributed by atoms with Gasteiger partial charge in [-0.2, -0.15) is 0 Å². The maximum Gasteiger partial charge on any atom is 0.0726 e. The SMILES string of the molecule is c1ccc2c(c1)ccc1cc(-n3c4ccccc4c4c5ccccc5c5c6ccccc6sc5c43)ccc12. The number of thiophene rings is 1. The standard InChI is InChI=1S/C36H21NS/c1-2-10-25-22(9-1)17-18-23-21-24(19-20-26(23)25)37-31-15-7-5-13-29(31)33-27-11-3-4-12-28(27)34-30-14-6-8-16-32(30)38-36(34)35(33)37/h1-21H. The van der Waals surface area contributed by atoms with Crippen molar-refractivity contribution in [3.63, 3.8) is 0 Å². The minimum Gasteiger partial charge on any atom is -0.308 e. The van der Waals surface area contributed by atoms with E-state index in [9.17, 15) is 0 Å². The van der Waals surface area contributed by atoms with Gasteiger partial charge in [0.05, 0.1) is 15.7 Å². The molecule has 0 radical (unpaired) electrons. The molecule has 0 N–H and O–H groups in total. The van der Waals surface area contributed by atoms with Crippen LogP contribution in [0, 0.1) is 0 Å². The average Bonchev–Trinajstić information content (AvgIpc) is 3.54. The molecule has 0 fully saturated rings. The second-order valence-electron chi connectivity index (χ2n) is 10.1. The summed E-state index contributed by atoms with van der Waals surface area (Å²) in [5.41, 5.74) is 3.76. The first-order valence-electron chi connectivity index (χ1n) is 13.0. The van der Waals surface area contributed by atoms with Gasteiger partial charge in [-0.1, -0.05) is 103 Å². The van der Waals surface area contributed by atoms with Crippen molar-refractivity contribution >= 4 is 85.6 Å². The molecule has 1 nitrogen and oxygen atoms in total. The third kappa shape index (κ3) is 2.60. The molecule has 2 aromatic heterocycles. The summed E-state index contributed by atoms with van der Waals surface area (Å²) in [6.45, 7) is 0. The first-order chi connectivity index (χ1) is 18.9. The lowest BCUT2D eigenvalue weighted by atomic mass is 9.99. The van der Waals surface area contributed by atoms with Crippen molar-refractivity contribution in [1.82, 2.24) is 4.57 Å². The Hall–Kier alpha value is -4.66. The number of hydrogen-bond acceptors (Lipinski definition) is 1. The molecule has 0 aliphatic heterocycles. The lowest BCUT2D eigenvalue weighted by Gasteiger charge is -2.12. The van der Waals surface area contributed by atoms with Gasteiger partial charge in [0.25, 0.3) is 0 Å². The van der Waals surface area contributed by atoms with Crippen molar-refractivity contribution in [2.75, 3.05) is 0 Å². The van der Waals surface area contributed by atoms with Gasteiger partial charge in [0.1, 0.15) is 0 Å². The summed E-state index contributed by atoms with van der Waals surface area (Å²) in [5.74, 6) is 0. The third-order valence-electron chi connectivity index (χ3n) is 8.14. The average molecular weight is 500 g/mol. The highest BCUT2D eigenvalue weighted by Gasteiger charge is 2.21. The Balaban J connectivity index is 1.52. The lowest BCUT2D eigenvalue weighted by molar-refractivity contribution is 1.19. The van der Waals surface area contributed by atoms with Crippen molar-refractivity contribution in [2.24, 2.45) is 0 Å². The minimum atomic E-state index is 1.20. The molecule has 0 bridgehead atoms. The lowest BCUT2D eigenvalue weighted by Crippen LogP contribution is -1.94. The van der Waals surface area contributed by atoms with Gasteiger partial charge in [-0.25, -0.2) is 0 Å². The van der Waals surface area contributed by atoms with Crippen LogP contribution in [0.4, 0.5) is 0 Å². The summed E-state index contributed by atoms with van der Waals surface area (Å²) in [6.07, 6.45) is 0. The summed E-state index contributed by atoms with van der Waals surface area (Å²) in [5, 5.41) is 13.1.